The summed E-state index contributed by atoms with van der Waals surface area (Å²) in [4.78, 5) is 25.2. The van der Waals surface area contributed by atoms with E-state index in [0.717, 1.165) is 16.1 Å². The van der Waals surface area contributed by atoms with Crippen molar-refractivity contribution in [2.45, 2.75) is 29.9 Å². The van der Waals surface area contributed by atoms with E-state index in [1.54, 1.807) is 25.8 Å². The highest BCUT2D eigenvalue weighted by atomic mass is 32.2. The molecule has 0 unspecified atom stereocenters. The van der Waals surface area contributed by atoms with Gasteiger partial charge in [0, 0.05) is 17.6 Å². The van der Waals surface area contributed by atoms with E-state index in [2.05, 4.69) is 0 Å². The van der Waals surface area contributed by atoms with E-state index in [1.165, 1.54) is 11.8 Å². The van der Waals surface area contributed by atoms with Gasteiger partial charge in [-0.2, -0.15) is 0 Å². The van der Waals surface area contributed by atoms with Crippen LogP contribution in [0.4, 0.5) is 5.69 Å². The number of carbonyl (C=O) groups excluding carboxylic acids is 1. The van der Waals surface area contributed by atoms with Gasteiger partial charge < -0.3 is 10.0 Å². The molecule has 1 aromatic rings. The Hall–Kier alpha value is -1.49. The second-order valence-corrected chi connectivity index (χ2v) is 6.53. The zero-order valence-electron chi connectivity index (χ0n) is 10.6. The standard InChI is InChI=1S/C13H15NO3S/c1-13(2,12(16)17)18-9-4-5-10-8(6-9)7-11(15)14(10)3/h4-6H,7H2,1-3H3,(H,16,17). The van der Waals surface area contributed by atoms with Gasteiger partial charge in [0.05, 0.1) is 6.42 Å². The number of likely N-dealkylation sites (N-methyl/N-ethyl adjacent to an activating group) is 1. The number of rotatable bonds is 3. The first-order chi connectivity index (χ1) is 8.31. The number of aliphatic carboxylic acids is 1. The SMILES string of the molecule is CN1C(=O)Cc2cc(SC(C)(C)C(=O)O)ccc21. The van der Waals surface area contributed by atoms with Crippen molar-refractivity contribution in [1.29, 1.82) is 0 Å². The van der Waals surface area contributed by atoms with Gasteiger partial charge in [-0.25, -0.2) is 0 Å². The van der Waals surface area contributed by atoms with E-state index in [4.69, 9.17) is 5.11 Å². The first kappa shape index (κ1) is 13.0. The van der Waals surface area contributed by atoms with E-state index in [9.17, 15) is 9.59 Å². The third-order valence-corrected chi connectivity index (χ3v) is 4.19. The molecule has 0 bridgehead atoms. The minimum absolute atomic E-state index is 0.0737. The molecule has 1 aromatic carbocycles. The molecule has 0 saturated heterocycles. The fourth-order valence-corrected chi connectivity index (χ4v) is 2.86. The number of carboxylic acids is 1. The molecule has 1 N–H and O–H groups in total. The maximum atomic E-state index is 11.6. The highest BCUT2D eigenvalue weighted by Crippen LogP contribution is 2.37. The molecular weight excluding hydrogens is 250 g/mol. The first-order valence-electron chi connectivity index (χ1n) is 5.63. The van der Waals surface area contributed by atoms with Crippen LogP contribution in [0, 0.1) is 0 Å². The lowest BCUT2D eigenvalue weighted by Crippen LogP contribution is -2.26. The van der Waals surface area contributed by atoms with Gasteiger partial charge in [0.15, 0.2) is 0 Å². The molecule has 0 fully saturated rings. The number of anilines is 1. The summed E-state index contributed by atoms with van der Waals surface area (Å²) in [5.41, 5.74) is 1.88. The van der Waals surface area contributed by atoms with Crippen molar-refractivity contribution < 1.29 is 14.7 Å². The zero-order chi connectivity index (χ0) is 13.5. The number of carboxylic acid groups (broad SMARTS) is 1. The van der Waals surface area contributed by atoms with Crippen LogP contribution >= 0.6 is 11.8 Å². The molecular formula is C13H15NO3S. The Labute approximate surface area is 110 Å². The summed E-state index contributed by atoms with van der Waals surface area (Å²) in [6.45, 7) is 3.34. The van der Waals surface area contributed by atoms with Crippen LogP contribution in [-0.4, -0.2) is 28.8 Å². The summed E-state index contributed by atoms with van der Waals surface area (Å²) in [6, 6.07) is 5.65. The van der Waals surface area contributed by atoms with Gasteiger partial charge in [-0.05, 0) is 37.6 Å². The van der Waals surface area contributed by atoms with Crippen LogP contribution in [0.2, 0.25) is 0 Å². The Morgan fingerprint density at radius 3 is 2.72 bits per heavy atom. The third kappa shape index (κ3) is 2.22. The van der Waals surface area contributed by atoms with Crippen molar-refractivity contribution in [2.24, 2.45) is 0 Å². The number of benzene rings is 1. The molecule has 96 valence electrons. The third-order valence-electron chi connectivity index (χ3n) is 3.02. The van der Waals surface area contributed by atoms with Crippen molar-refractivity contribution in [3.63, 3.8) is 0 Å². The summed E-state index contributed by atoms with van der Waals surface area (Å²) in [7, 11) is 1.75. The van der Waals surface area contributed by atoms with Gasteiger partial charge in [-0.3, -0.25) is 9.59 Å². The number of carbonyl (C=O) groups is 2. The summed E-state index contributed by atoms with van der Waals surface area (Å²) in [5.74, 6) is -0.772. The summed E-state index contributed by atoms with van der Waals surface area (Å²) in [6.07, 6.45) is 0.397. The molecule has 1 heterocycles. The maximum Gasteiger partial charge on any atom is 0.319 e. The van der Waals surface area contributed by atoms with Gasteiger partial charge in [-0.15, -0.1) is 11.8 Å². The van der Waals surface area contributed by atoms with Crippen LogP contribution in [0.5, 0.6) is 0 Å². The summed E-state index contributed by atoms with van der Waals surface area (Å²) < 4.78 is -0.872. The van der Waals surface area contributed by atoms with Crippen LogP contribution in [0.3, 0.4) is 0 Å². The highest BCUT2D eigenvalue weighted by Gasteiger charge is 2.30. The van der Waals surface area contributed by atoms with E-state index in [-0.39, 0.29) is 5.91 Å². The topological polar surface area (TPSA) is 57.6 Å². The Balaban J connectivity index is 2.27. The van der Waals surface area contributed by atoms with Gasteiger partial charge in [0.25, 0.3) is 0 Å². The highest BCUT2D eigenvalue weighted by molar-refractivity contribution is 8.01. The Morgan fingerprint density at radius 1 is 1.44 bits per heavy atom. The zero-order valence-corrected chi connectivity index (χ0v) is 11.4. The number of hydrogen-bond donors (Lipinski definition) is 1. The quantitative estimate of drug-likeness (QED) is 0.851. The predicted molar refractivity (Wildman–Crippen MR) is 71.1 cm³/mol. The number of fused-ring (bicyclic) bond motifs is 1. The molecule has 5 heteroatoms. The second kappa shape index (κ2) is 4.31. The lowest BCUT2D eigenvalue weighted by molar-refractivity contribution is -0.138. The van der Waals surface area contributed by atoms with Crippen LogP contribution in [0.15, 0.2) is 23.1 Å². The molecule has 1 aliphatic heterocycles. The molecule has 2 rings (SSSR count). The van der Waals surface area contributed by atoms with Crippen molar-refractivity contribution in [3.8, 4) is 0 Å². The van der Waals surface area contributed by atoms with E-state index in [1.807, 2.05) is 18.2 Å². The molecule has 18 heavy (non-hydrogen) atoms. The van der Waals surface area contributed by atoms with Crippen molar-refractivity contribution in [1.82, 2.24) is 0 Å². The van der Waals surface area contributed by atoms with Crippen molar-refractivity contribution >= 4 is 29.3 Å². The van der Waals surface area contributed by atoms with Crippen LogP contribution < -0.4 is 4.90 Å². The van der Waals surface area contributed by atoms with Crippen molar-refractivity contribution in [2.75, 3.05) is 11.9 Å². The molecule has 1 amide bonds. The number of nitrogens with zero attached hydrogens (tertiary/aromatic N) is 1. The van der Waals surface area contributed by atoms with Crippen LogP contribution in [0.1, 0.15) is 19.4 Å². The molecule has 0 spiro atoms. The minimum atomic E-state index is -0.872. The second-order valence-electron chi connectivity index (χ2n) is 4.84. The van der Waals surface area contributed by atoms with Crippen molar-refractivity contribution in [3.05, 3.63) is 23.8 Å². The molecule has 0 radical (unpaired) electrons. The Bertz CT molecular complexity index is 525. The Kier molecular flexibility index (Phi) is 3.11. The molecule has 4 nitrogen and oxygen atoms in total. The molecule has 1 aliphatic rings. The smallest absolute Gasteiger partial charge is 0.319 e. The van der Waals surface area contributed by atoms with Gasteiger partial charge in [0.1, 0.15) is 4.75 Å². The number of hydrogen-bond acceptors (Lipinski definition) is 3. The summed E-state index contributed by atoms with van der Waals surface area (Å²) in [5, 5.41) is 9.10. The Morgan fingerprint density at radius 2 is 2.11 bits per heavy atom. The lowest BCUT2D eigenvalue weighted by atomic mass is 10.2. The number of thioether (sulfide) groups is 1. The van der Waals surface area contributed by atoms with E-state index in [0.29, 0.717) is 6.42 Å². The first-order valence-corrected chi connectivity index (χ1v) is 6.45. The van der Waals surface area contributed by atoms with Gasteiger partial charge in [0.2, 0.25) is 5.91 Å². The average molecular weight is 265 g/mol. The average Bonchev–Trinajstić information content (AvgIpc) is 2.53. The van der Waals surface area contributed by atoms with Crippen LogP contribution in [-0.2, 0) is 16.0 Å². The van der Waals surface area contributed by atoms with E-state index >= 15 is 0 Å². The molecule has 0 atom stereocenters. The fraction of sp³-hybridized carbons (Fsp3) is 0.385. The monoisotopic (exact) mass is 265 g/mol. The largest absolute Gasteiger partial charge is 0.480 e. The fourth-order valence-electron chi connectivity index (χ4n) is 1.85. The maximum absolute atomic E-state index is 11.6. The normalized spacial score (nSPS) is 14.8. The minimum Gasteiger partial charge on any atom is -0.480 e. The summed E-state index contributed by atoms with van der Waals surface area (Å²) >= 11 is 1.29. The predicted octanol–water partition coefficient (Wildman–Crippen LogP) is 2.16. The lowest BCUT2D eigenvalue weighted by Gasteiger charge is -2.19. The molecule has 0 aliphatic carbocycles. The number of amides is 1. The van der Waals surface area contributed by atoms with Gasteiger partial charge >= 0.3 is 5.97 Å². The molecule has 0 saturated carbocycles. The van der Waals surface area contributed by atoms with E-state index < -0.39 is 10.7 Å². The van der Waals surface area contributed by atoms with Crippen LogP contribution in [0.25, 0.3) is 0 Å². The molecule has 0 aromatic heterocycles. The van der Waals surface area contributed by atoms with Gasteiger partial charge in [-0.1, -0.05) is 0 Å².